The topological polar surface area (TPSA) is 76.5 Å². The van der Waals surface area contributed by atoms with E-state index in [-0.39, 0.29) is 18.4 Å². The molecule has 0 saturated carbocycles. The number of aromatic nitrogens is 2. The molecule has 7 nitrogen and oxygen atoms in total. The number of ether oxygens (including phenoxy) is 1. The number of carbonyl (C=O) groups is 2. The van der Waals surface area contributed by atoms with Crippen LogP contribution in [0.2, 0.25) is 0 Å². The van der Waals surface area contributed by atoms with E-state index in [1.807, 2.05) is 48.0 Å². The molecule has 2 heterocycles. The average molecular weight is 386 g/mol. The van der Waals surface area contributed by atoms with Gasteiger partial charge in [-0.3, -0.25) is 9.59 Å². The Morgan fingerprint density at radius 1 is 1.30 bits per heavy atom. The number of likely N-dealkylation sites (N-methyl/N-ethyl adjacent to an activating group) is 1. The number of benzene rings is 1. The molecule has 1 aromatic carbocycles. The van der Waals surface area contributed by atoms with Gasteiger partial charge in [0.1, 0.15) is 4.83 Å². The molecular formula is C19H22N4O3S. The van der Waals surface area contributed by atoms with Crippen molar-refractivity contribution >= 4 is 33.4 Å². The second-order valence-corrected chi connectivity index (χ2v) is 7.20. The highest BCUT2D eigenvalue weighted by Crippen LogP contribution is 2.30. The highest BCUT2D eigenvalue weighted by Gasteiger charge is 2.20. The van der Waals surface area contributed by atoms with Crippen LogP contribution in [-0.2, 0) is 9.53 Å². The second kappa shape index (κ2) is 8.32. The van der Waals surface area contributed by atoms with Gasteiger partial charge in [-0.05, 0) is 25.1 Å². The van der Waals surface area contributed by atoms with Crippen LogP contribution in [0, 0.1) is 6.92 Å². The zero-order valence-corrected chi connectivity index (χ0v) is 16.4. The number of hydrogen-bond acceptors (Lipinski definition) is 5. The van der Waals surface area contributed by atoms with Crippen LogP contribution in [0.15, 0.2) is 36.4 Å². The van der Waals surface area contributed by atoms with E-state index in [1.165, 1.54) is 16.2 Å². The van der Waals surface area contributed by atoms with Crippen LogP contribution in [0.4, 0.5) is 0 Å². The number of thiophene rings is 1. The number of amides is 2. The maximum absolute atomic E-state index is 12.7. The highest BCUT2D eigenvalue weighted by molar-refractivity contribution is 7.20. The Kier molecular flexibility index (Phi) is 5.88. The molecule has 1 N–H and O–H groups in total. The Morgan fingerprint density at radius 3 is 2.74 bits per heavy atom. The van der Waals surface area contributed by atoms with Crippen molar-refractivity contribution in [1.82, 2.24) is 20.0 Å². The molecule has 27 heavy (non-hydrogen) atoms. The van der Waals surface area contributed by atoms with Crippen LogP contribution in [-0.4, -0.2) is 60.3 Å². The highest BCUT2D eigenvalue weighted by atomic mass is 32.1. The smallest absolute Gasteiger partial charge is 0.264 e. The van der Waals surface area contributed by atoms with Gasteiger partial charge in [0.25, 0.3) is 5.91 Å². The summed E-state index contributed by atoms with van der Waals surface area (Å²) in [6.45, 7) is 2.79. The van der Waals surface area contributed by atoms with E-state index in [0.717, 1.165) is 21.6 Å². The summed E-state index contributed by atoms with van der Waals surface area (Å²) in [7, 11) is 3.20. The maximum atomic E-state index is 12.7. The van der Waals surface area contributed by atoms with Gasteiger partial charge < -0.3 is 15.0 Å². The van der Waals surface area contributed by atoms with E-state index < -0.39 is 0 Å². The van der Waals surface area contributed by atoms with E-state index in [4.69, 9.17) is 4.74 Å². The molecule has 0 aliphatic rings. The van der Waals surface area contributed by atoms with Crippen molar-refractivity contribution in [3.63, 3.8) is 0 Å². The predicted molar refractivity (Wildman–Crippen MR) is 106 cm³/mol. The molecule has 0 spiro atoms. The number of para-hydroxylation sites is 1. The summed E-state index contributed by atoms with van der Waals surface area (Å²) in [6, 6.07) is 11.7. The summed E-state index contributed by atoms with van der Waals surface area (Å²) in [5.74, 6) is -0.396. The molecule has 0 bridgehead atoms. The molecule has 0 aliphatic carbocycles. The zero-order valence-electron chi connectivity index (χ0n) is 15.6. The predicted octanol–water partition coefficient (Wildman–Crippen LogP) is 2.23. The first-order chi connectivity index (χ1) is 13.0. The average Bonchev–Trinajstić information content (AvgIpc) is 3.22. The first-order valence-corrected chi connectivity index (χ1v) is 9.38. The van der Waals surface area contributed by atoms with E-state index in [9.17, 15) is 9.59 Å². The third-order valence-electron chi connectivity index (χ3n) is 4.11. The van der Waals surface area contributed by atoms with E-state index >= 15 is 0 Å². The molecule has 3 aromatic rings. The fourth-order valence-corrected chi connectivity index (χ4v) is 3.90. The zero-order chi connectivity index (χ0) is 19.4. The van der Waals surface area contributed by atoms with E-state index in [0.29, 0.717) is 18.0 Å². The molecule has 0 aliphatic heterocycles. The number of nitrogens with one attached hydrogen (secondary N) is 1. The molecule has 2 aromatic heterocycles. The SMILES string of the molecule is COCCNC(=O)CN(C)C(=O)c1cc2c(C)nn(-c3ccccc3)c2s1. The number of methoxy groups -OCH3 is 1. The number of aryl methyl sites for hydroxylation is 1. The lowest BCUT2D eigenvalue weighted by molar-refractivity contribution is -0.121. The molecule has 3 rings (SSSR count). The normalized spacial score (nSPS) is 10.9. The minimum atomic E-state index is -0.212. The van der Waals surface area contributed by atoms with Crippen LogP contribution in [0.3, 0.4) is 0 Å². The van der Waals surface area contributed by atoms with Crippen molar-refractivity contribution in [3.8, 4) is 5.69 Å². The number of fused-ring (bicyclic) bond motifs is 1. The molecule has 8 heteroatoms. The molecule has 0 radical (unpaired) electrons. The third-order valence-corrected chi connectivity index (χ3v) is 5.21. The molecule has 142 valence electrons. The molecule has 0 fully saturated rings. The Bertz CT molecular complexity index is 949. The standard InChI is InChI=1S/C19H22N4O3S/c1-13-15-11-16(18(25)22(2)12-17(24)20-9-10-26-3)27-19(15)23(21-13)14-7-5-4-6-8-14/h4-8,11H,9-10,12H2,1-3H3,(H,20,24). The van der Waals surface area contributed by atoms with Crippen LogP contribution in [0.1, 0.15) is 15.4 Å². The van der Waals surface area contributed by atoms with Crippen LogP contribution in [0.5, 0.6) is 0 Å². The van der Waals surface area contributed by atoms with Crippen molar-refractivity contribution in [2.45, 2.75) is 6.92 Å². The lowest BCUT2D eigenvalue weighted by atomic mass is 10.3. The van der Waals surface area contributed by atoms with Gasteiger partial charge in [0, 0.05) is 26.1 Å². The third kappa shape index (κ3) is 4.17. The monoisotopic (exact) mass is 386 g/mol. The first-order valence-electron chi connectivity index (χ1n) is 8.57. The van der Waals surface area contributed by atoms with Gasteiger partial charge in [-0.2, -0.15) is 5.10 Å². The Balaban J connectivity index is 1.79. The Hall–Kier alpha value is -2.71. The van der Waals surface area contributed by atoms with Crippen molar-refractivity contribution in [2.75, 3.05) is 33.9 Å². The summed E-state index contributed by atoms with van der Waals surface area (Å²) in [6.07, 6.45) is 0. The van der Waals surface area contributed by atoms with Gasteiger partial charge in [0.05, 0.1) is 29.4 Å². The minimum Gasteiger partial charge on any atom is -0.383 e. The lowest BCUT2D eigenvalue weighted by Crippen LogP contribution is -2.39. The van der Waals surface area contributed by atoms with Gasteiger partial charge in [-0.1, -0.05) is 18.2 Å². The van der Waals surface area contributed by atoms with Gasteiger partial charge in [0.15, 0.2) is 0 Å². The largest absolute Gasteiger partial charge is 0.383 e. The molecule has 2 amide bonds. The fourth-order valence-electron chi connectivity index (χ4n) is 2.72. The first kappa shape index (κ1) is 19.1. The van der Waals surface area contributed by atoms with Gasteiger partial charge in [-0.15, -0.1) is 11.3 Å². The van der Waals surface area contributed by atoms with Gasteiger partial charge in [-0.25, -0.2) is 4.68 Å². The summed E-state index contributed by atoms with van der Waals surface area (Å²) in [5.41, 5.74) is 1.81. The maximum Gasteiger partial charge on any atom is 0.264 e. The van der Waals surface area contributed by atoms with Crippen LogP contribution in [0.25, 0.3) is 15.9 Å². The summed E-state index contributed by atoms with van der Waals surface area (Å²) >= 11 is 1.38. The summed E-state index contributed by atoms with van der Waals surface area (Å²) in [4.78, 5) is 27.6. The van der Waals surface area contributed by atoms with Crippen LogP contribution >= 0.6 is 11.3 Å². The van der Waals surface area contributed by atoms with Gasteiger partial charge in [0.2, 0.25) is 5.91 Å². The number of rotatable bonds is 7. The van der Waals surface area contributed by atoms with E-state index in [2.05, 4.69) is 10.4 Å². The van der Waals surface area contributed by atoms with Crippen molar-refractivity contribution < 1.29 is 14.3 Å². The fraction of sp³-hybridized carbons (Fsp3) is 0.316. The Labute approximate surface area is 161 Å². The number of nitrogens with zero attached hydrogens (tertiary/aromatic N) is 3. The second-order valence-electron chi connectivity index (χ2n) is 6.17. The molecule has 0 saturated heterocycles. The quantitative estimate of drug-likeness (QED) is 0.632. The molecule has 0 unspecified atom stereocenters. The van der Waals surface area contributed by atoms with Gasteiger partial charge >= 0.3 is 0 Å². The number of hydrogen-bond donors (Lipinski definition) is 1. The minimum absolute atomic E-state index is 0.000581. The van der Waals surface area contributed by atoms with Crippen molar-refractivity contribution in [2.24, 2.45) is 0 Å². The van der Waals surface area contributed by atoms with E-state index in [1.54, 1.807) is 14.2 Å². The van der Waals surface area contributed by atoms with Crippen molar-refractivity contribution in [3.05, 3.63) is 47.0 Å². The number of carbonyl (C=O) groups excluding carboxylic acids is 2. The lowest BCUT2D eigenvalue weighted by Gasteiger charge is -2.15. The molecule has 0 atom stereocenters. The molecular weight excluding hydrogens is 364 g/mol. The van der Waals surface area contributed by atoms with Crippen molar-refractivity contribution in [1.29, 1.82) is 0 Å². The van der Waals surface area contributed by atoms with Crippen LogP contribution < -0.4 is 5.32 Å². The summed E-state index contributed by atoms with van der Waals surface area (Å²) < 4.78 is 6.75. The Morgan fingerprint density at radius 2 is 2.04 bits per heavy atom. The summed E-state index contributed by atoms with van der Waals surface area (Å²) in [5, 5.41) is 8.24.